The summed E-state index contributed by atoms with van der Waals surface area (Å²) in [5.74, 6) is 2.00. The van der Waals surface area contributed by atoms with Gasteiger partial charge in [0.05, 0.1) is 11.6 Å². The second-order valence-corrected chi connectivity index (χ2v) is 5.50. The molecule has 0 saturated carbocycles. The monoisotopic (exact) mass is 329 g/mol. The summed E-state index contributed by atoms with van der Waals surface area (Å²) in [5, 5.41) is 13.2. The van der Waals surface area contributed by atoms with Gasteiger partial charge in [-0.15, -0.1) is 10.2 Å². The number of aromatic nitrogens is 3. The van der Waals surface area contributed by atoms with Crippen LogP contribution in [-0.4, -0.2) is 15.4 Å². The highest BCUT2D eigenvalue weighted by Gasteiger charge is 2.16. The maximum Gasteiger partial charge on any atom is 0.283 e. The third kappa shape index (κ3) is 2.31. The highest BCUT2D eigenvalue weighted by Crippen LogP contribution is 2.32. The summed E-state index contributed by atoms with van der Waals surface area (Å²) in [5.41, 5.74) is 2.52. The van der Waals surface area contributed by atoms with Crippen molar-refractivity contribution >= 4 is 10.9 Å². The van der Waals surface area contributed by atoms with E-state index in [0.717, 1.165) is 22.0 Å². The standard InChI is InChI=1S/C19H11N3O3/c1-2-5-12(6-3-1)17-14-11-13(8-9-15(14)22-25-17)18-20-21-19(24-18)16-7-4-10-23-16/h1-11H. The summed E-state index contributed by atoms with van der Waals surface area (Å²) >= 11 is 0. The van der Waals surface area contributed by atoms with Crippen LogP contribution in [0.25, 0.3) is 45.3 Å². The molecule has 25 heavy (non-hydrogen) atoms. The zero-order valence-electron chi connectivity index (χ0n) is 12.9. The molecule has 0 amide bonds. The number of furan rings is 1. The smallest absolute Gasteiger partial charge is 0.283 e. The van der Waals surface area contributed by atoms with Crippen LogP contribution in [0.3, 0.4) is 0 Å². The Bertz CT molecular complexity index is 1140. The Morgan fingerprint density at radius 2 is 1.64 bits per heavy atom. The van der Waals surface area contributed by atoms with Gasteiger partial charge in [0.15, 0.2) is 11.5 Å². The third-order valence-electron chi connectivity index (χ3n) is 3.92. The van der Waals surface area contributed by atoms with Crippen LogP contribution < -0.4 is 0 Å². The molecule has 0 aliphatic heterocycles. The fourth-order valence-electron chi connectivity index (χ4n) is 2.71. The van der Waals surface area contributed by atoms with Crippen LogP contribution in [0.4, 0.5) is 0 Å². The van der Waals surface area contributed by atoms with Crippen molar-refractivity contribution < 1.29 is 13.4 Å². The summed E-state index contributed by atoms with van der Waals surface area (Å²) in [6, 6.07) is 19.1. The highest BCUT2D eigenvalue weighted by atomic mass is 16.5. The Morgan fingerprint density at radius 3 is 2.48 bits per heavy atom. The lowest BCUT2D eigenvalue weighted by Crippen LogP contribution is -1.79. The van der Waals surface area contributed by atoms with Gasteiger partial charge in [0.25, 0.3) is 5.89 Å². The fourth-order valence-corrected chi connectivity index (χ4v) is 2.71. The molecule has 0 unspecified atom stereocenters. The van der Waals surface area contributed by atoms with E-state index in [1.807, 2.05) is 48.5 Å². The zero-order valence-corrected chi connectivity index (χ0v) is 12.9. The van der Waals surface area contributed by atoms with Gasteiger partial charge >= 0.3 is 0 Å². The van der Waals surface area contributed by atoms with Crippen molar-refractivity contribution in [1.29, 1.82) is 0 Å². The van der Waals surface area contributed by atoms with Crippen LogP contribution in [0.15, 0.2) is 80.3 Å². The van der Waals surface area contributed by atoms with Crippen molar-refractivity contribution in [3.05, 3.63) is 66.9 Å². The Labute approximate surface area is 141 Å². The van der Waals surface area contributed by atoms with Gasteiger partial charge in [-0.2, -0.15) is 0 Å². The molecule has 0 N–H and O–H groups in total. The Balaban J connectivity index is 1.61. The van der Waals surface area contributed by atoms with Gasteiger partial charge in [0, 0.05) is 11.1 Å². The van der Waals surface area contributed by atoms with Crippen LogP contribution in [-0.2, 0) is 0 Å². The Kier molecular flexibility index (Phi) is 3.00. The van der Waals surface area contributed by atoms with Gasteiger partial charge in [-0.1, -0.05) is 35.5 Å². The number of benzene rings is 2. The zero-order chi connectivity index (χ0) is 16.6. The number of hydrogen-bond donors (Lipinski definition) is 0. The third-order valence-corrected chi connectivity index (χ3v) is 3.92. The van der Waals surface area contributed by atoms with E-state index in [1.165, 1.54) is 0 Å². The molecule has 6 nitrogen and oxygen atoms in total. The summed E-state index contributed by atoms with van der Waals surface area (Å²) < 4.78 is 16.5. The normalized spacial score (nSPS) is 11.2. The molecule has 0 spiro atoms. The van der Waals surface area contributed by atoms with Crippen molar-refractivity contribution in [2.75, 3.05) is 0 Å². The number of fused-ring (bicyclic) bond motifs is 1. The van der Waals surface area contributed by atoms with Gasteiger partial charge in [-0.05, 0) is 30.3 Å². The predicted octanol–water partition coefficient (Wildman–Crippen LogP) is 4.80. The van der Waals surface area contributed by atoms with E-state index in [9.17, 15) is 0 Å². The Hall–Kier alpha value is -3.67. The fraction of sp³-hybridized carbons (Fsp3) is 0. The van der Waals surface area contributed by atoms with E-state index in [2.05, 4.69) is 15.4 Å². The molecule has 2 aromatic carbocycles. The van der Waals surface area contributed by atoms with E-state index in [4.69, 9.17) is 13.4 Å². The summed E-state index contributed by atoms with van der Waals surface area (Å²) in [7, 11) is 0. The van der Waals surface area contributed by atoms with Gasteiger partial charge in [0.1, 0.15) is 5.52 Å². The molecule has 0 saturated heterocycles. The first-order valence-corrected chi connectivity index (χ1v) is 7.71. The maximum atomic E-state index is 5.72. The van der Waals surface area contributed by atoms with Crippen molar-refractivity contribution in [3.8, 4) is 34.4 Å². The van der Waals surface area contributed by atoms with Crippen LogP contribution in [0.5, 0.6) is 0 Å². The van der Waals surface area contributed by atoms with Gasteiger partial charge < -0.3 is 13.4 Å². The van der Waals surface area contributed by atoms with E-state index < -0.39 is 0 Å². The minimum absolute atomic E-state index is 0.341. The SMILES string of the molecule is c1ccc(-c2onc3ccc(-c4nnc(-c5ccco5)o4)cc23)cc1. The number of rotatable bonds is 3. The van der Waals surface area contributed by atoms with E-state index in [0.29, 0.717) is 23.3 Å². The summed E-state index contributed by atoms with van der Waals surface area (Å²) in [4.78, 5) is 0. The second-order valence-electron chi connectivity index (χ2n) is 5.50. The first kappa shape index (κ1) is 13.7. The lowest BCUT2D eigenvalue weighted by Gasteiger charge is -1.98. The van der Waals surface area contributed by atoms with Crippen molar-refractivity contribution in [1.82, 2.24) is 15.4 Å². The average Bonchev–Trinajstić information content (AvgIpc) is 3.40. The molecular weight excluding hydrogens is 318 g/mol. The lowest BCUT2D eigenvalue weighted by molar-refractivity contribution is 0.441. The average molecular weight is 329 g/mol. The predicted molar refractivity (Wildman–Crippen MR) is 90.4 cm³/mol. The Morgan fingerprint density at radius 1 is 0.760 bits per heavy atom. The molecular formula is C19H11N3O3. The first-order valence-electron chi connectivity index (χ1n) is 7.71. The van der Waals surface area contributed by atoms with Crippen molar-refractivity contribution in [2.45, 2.75) is 0 Å². The molecule has 0 fully saturated rings. The van der Waals surface area contributed by atoms with Crippen LogP contribution in [0, 0.1) is 0 Å². The summed E-state index contributed by atoms with van der Waals surface area (Å²) in [6.45, 7) is 0. The van der Waals surface area contributed by atoms with Crippen molar-refractivity contribution in [2.24, 2.45) is 0 Å². The van der Waals surface area contributed by atoms with Crippen LogP contribution in [0.2, 0.25) is 0 Å². The van der Waals surface area contributed by atoms with Gasteiger partial charge in [-0.3, -0.25) is 0 Å². The number of hydrogen-bond acceptors (Lipinski definition) is 6. The molecule has 0 bridgehead atoms. The molecule has 6 heteroatoms. The van der Waals surface area contributed by atoms with E-state index in [-0.39, 0.29) is 0 Å². The highest BCUT2D eigenvalue weighted by molar-refractivity contribution is 5.93. The topological polar surface area (TPSA) is 78.1 Å². The van der Waals surface area contributed by atoms with Crippen LogP contribution >= 0.6 is 0 Å². The molecule has 5 rings (SSSR count). The lowest BCUT2D eigenvalue weighted by atomic mass is 10.1. The van der Waals surface area contributed by atoms with Gasteiger partial charge in [0.2, 0.25) is 5.89 Å². The largest absolute Gasteiger partial charge is 0.459 e. The molecule has 0 radical (unpaired) electrons. The molecule has 120 valence electrons. The molecule has 0 aliphatic rings. The second kappa shape index (κ2) is 5.45. The van der Waals surface area contributed by atoms with Crippen molar-refractivity contribution in [3.63, 3.8) is 0 Å². The molecule has 0 atom stereocenters. The molecule has 0 aliphatic carbocycles. The van der Waals surface area contributed by atoms with Crippen LogP contribution in [0.1, 0.15) is 0 Å². The van der Waals surface area contributed by atoms with E-state index in [1.54, 1.807) is 18.4 Å². The quantitative estimate of drug-likeness (QED) is 0.473. The minimum atomic E-state index is 0.341. The molecule has 3 heterocycles. The molecule has 5 aromatic rings. The first-order chi connectivity index (χ1) is 12.4. The number of nitrogens with zero attached hydrogens (tertiary/aromatic N) is 3. The maximum absolute atomic E-state index is 5.72. The summed E-state index contributed by atoms with van der Waals surface area (Å²) in [6.07, 6.45) is 1.56. The minimum Gasteiger partial charge on any atom is -0.459 e. The van der Waals surface area contributed by atoms with Gasteiger partial charge in [-0.25, -0.2) is 0 Å². The van der Waals surface area contributed by atoms with E-state index >= 15 is 0 Å². The molecule has 3 aromatic heterocycles.